The Hall–Kier alpha value is -3.74. The van der Waals surface area contributed by atoms with E-state index in [1.807, 2.05) is 55.5 Å². The lowest BCUT2D eigenvalue weighted by Gasteiger charge is -2.13. The summed E-state index contributed by atoms with van der Waals surface area (Å²) in [5, 5.41) is 12.4. The number of pyridine rings is 1. The zero-order valence-electron chi connectivity index (χ0n) is 16.7. The summed E-state index contributed by atoms with van der Waals surface area (Å²) in [4.78, 5) is 4.86. The van der Waals surface area contributed by atoms with Crippen molar-refractivity contribution in [2.45, 2.75) is 6.92 Å². The lowest BCUT2D eigenvalue weighted by atomic mass is 10.0. The van der Waals surface area contributed by atoms with E-state index in [1.54, 1.807) is 21.3 Å². The van der Waals surface area contributed by atoms with Crippen LogP contribution >= 0.6 is 0 Å². The number of anilines is 2. The first kappa shape index (κ1) is 18.6. The van der Waals surface area contributed by atoms with Crippen molar-refractivity contribution in [3.63, 3.8) is 0 Å². The van der Waals surface area contributed by atoms with Crippen LogP contribution in [-0.2, 0) is 0 Å². The third-order valence-corrected chi connectivity index (χ3v) is 4.66. The molecule has 0 atom stereocenters. The maximum atomic E-state index is 5.47. The van der Waals surface area contributed by atoms with E-state index in [0.29, 0.717) is 23.1 Å². The van der Waals surface area contributed by atoms with Crippen LogP contribution in [0.1, 0.15) is 5.69 Å². The van der Waals surface area contributed by atoms with E-state index in [1.165, 1.54) is 0 Å². The maximum Gasteiger partial charge on any atom is 0.161 e. The Balaban J connectivity index is 1.88. The molecule has 0 amide bonds. The lowest BCUT2D eigenvalue weighted by Crippen LogP contribution is -1.98. The van der Waals surface area contributed by atoms with E-state index in [-0.39, 0.29) is 0 Å². The van der Waals surface area contributed by atoms with Crippen molar-refractivity contribution in [1.29, 1.82) is 0 Å². The summed E-state index contributed by atoms with van der Waals surface area (Å²) < 4.78 is 16.2. The smallest absolute Gasteiger partial charge is 0.161 e. The number of hydrogen-bond acceptors (Lipinski definition) is 6. The average Bonchev–Trinajstić information content (AvgIpc) is 3.16. The molecule has 7 nitrogen and oxygen atoms in total. The molecule has 0 unspecified atom stereocenters. The largest absolute Gasteiger partial charge is 0.497 e. The number of nitrogens with zero attached hydrogens (tertiary/aromatic N) is 2. The van der Waals surface area contributed by atoms with Gasteiger partial charge in [-0.05, 0) is 54.8 Å². The predicted molar refractivity (Wildman–Crippen MR) is 113 cm³/mol. The minimum Gasteiger partial charge on any atom is -0.497 e. The number of H-pyrrole nitrogens is 1. The summed E-state index contributed by atoms with van der Waals surface area (Å²) in [6.45, 7) is 1.95. The van der Waals surface area contributed by atoms with Gasteiger partial charge in [0, 0.05) is 22.7 Å². The van der Waals surface area contributed by atoms with E-state index in [2.05, 4.69) is 15.5 Å². The second kappa shape index (κ2) is 7.71. The Kier molecular flexibility index (Phi) is 4.95. The Morgan fingerprint density at radius 1 is 0.828 bits per heavy atom. The highest BCUT2D eigenvalue weighted by atomic mass is 16.5. The Labute approximate surface area is 168 Å². The zero-order valence-corrected chi connectivity index (χ0v) is 16.7. The highest BCUT2D eigenvalue weighted by molar-refractivity contribution is 5.97. The number of fused-ring (bicyclic) bond motifs is 1. The van der Waals surface area contributed by atoms with Gasteiger partial charge in [-0.3, -0.25) is 5.10 Å². The molecule has 29 heavy (non-hydrogen) atoms. The number of hydrogen-bond donors (Lipinski definition) is 2. The van der Waals surface area contributed by atoms with Gasteiger partial charge in [-0.2, -0.15) is 5.10 Å². The number of rotatable bonds is 6. The van der Waals surface area contributed by atoms with Crippen molar-refractivity contribution in [2.24, 2.45) is 0 Å². The van der Waals surface area contributed by atoms with Gasteiger partial charge in [-0.15, -0.1) is 0 Å². The van der Waals surface area contributed by atoms with Crippen LogP contribution in [0.2, 0.25) is 0 Å². The Morgan fingerprint density at radius 2 is 1.66 bits per heavy atom. The first-order chi connectivity index (χ1) is 14.1. The second-order valence-electron chi connectivity index (χ2n) is 6.57. The molecule has 2 heterocycles. The fraction of sp³-hybridized carbons (Fsp3) is 0.182. The number of aromatic nitrogens is 3. The first-order valence-electron chi connectivity index (χ1n) is 9.11. The van der Waals surface area contributed by atoms with Gasteiger partial charge >= 0.3 is 0 Å². The molecule has 0 radical (unpaired) electrons. The van der Waals surface area contributed by atoms with Crippen LogP contribution in [0.5, 0.6) is 17.2 Å². The minimum atomic E-state index is 0.648. The quantitative estimate of drug-likeness (QED) is 0.497. The van der Waals surface area contributed by atoms with Crippen LogP contribution in [-0.4, -0.2) is 36.5 Å². The molecule has 0 fully saturated rings. The number of aromatic amines is 1. The van der Waals surface area contributed by atoms with Gasteiger partial charge in [-0.25, -0.2) is 4.98 Å². The monoisotopic (exact) mass is 390 g/mol. The van der Waals surface area contributed by atoms with Gasteiger partial charge in [0.2, 0.25) is 0 Å². The van der Waals surface area contributed by atoms with Gasteiger partial charge < -0.3 is 19.5 Å². The summed E-state index contributed by atoms with van der Waals surface area (Å²) in [5.74, 6) is 3.49. The van der Waals surface area contributed by atoms with E-state index in [0.717, 1.165) is 33.5 Å². The highest BCUT2D eigenvalue weighted by Gasteiger charge is 2.13. The Bertz CT molecular complexity index is 1170. The standard InChI is InChI=1S/C22H22N4O3/c1-13-9-21(26-25-13)23-20-12-15-10-16(27-2)6-7-17(15)22(24-20)14-5-8-18(28-3)19(11-14)29-4/h5-12H,1-4H3,(H2,23,24,25,26). The zero-order chi connectivity index (χ0) is 20.4. The highest BCUT2D eigenvalue weighted by Crippen LogP contribution is 2.36. The van der Waals surface area contributed by atoms with Crippen molar-refractivity contribution >= 4 is 22.4 Å². The van der Waals surface area contributed by atoms with Crippen LogP contribution in [0.4, 0.5) is 11.6 Å². The van der Waals surface area contributed by atoms with Crippen molar-refractivity contribution in [2.75, 3.05) is 26.6 Å². The van der Waals surface area contributed by atoms with Crippen LogP contribution in [0.15, 0.2) is 48.5 Å². The molecule has 2 aromatic heterocycles. The van der Waals surface area contributed by atoms with Crippen LogP contribution < -0.4 is 19.5 Å². The number of aryl methyl sites for hydroxylation is 1. The third-order valence-electron chi connectivity index (χ3n) is 4.66. The van der Waals surface area contributed by atoms with Crippen LogP contribution in [0, 0.1) is 6.92 Å². The molecule has 2 aromatic carbocycles. The number of methoxy groups -OCH3 is 3. The molecule has 7 heteroatoms. The normalized spacial score (nSPS) is 10.8. The molecule has 148 valence electrons. The van der Waals surface area contributed by atoms with Gasteiger partial charge in [0.05, 0.1) is 27.0 Å². The first-order valence-corrected chi connectivity index (χ1v) is 9.11. The fourth-order valence-corrected chi connectivity index (χ4v) is 3.24. The van der Waals surface area contributed by atoms with E-state index < -0.39 is 0 Å². The summed E-state index contributed by atoms with van der Waals surface area (Å²) >= 11 is 0. The SMILES string of the molecule is COc1ccc2c(-c3ccc(OC)c(OC)c3)nc(Nc3cc(C)[nH]n3)cc2c1. The van der Waals surface area contributed by atoms with E-state index in [9.17, 15) is 0 Å². The third kappa shape index (κ3) is 3.67. The molecular weight excluding hydrogens is 368 g/mol. The molecule has 0 aliphatic carbocycles. The van der Waals surface area contributed by atoms with Crippen molar-refractivity contribution in [3.8, 4) is 28.5 Å². The number of ether oxygens (including phenoxy) is 3. The summed E-state index contributed by atoms with van der Waals surface area (Å²) in [7, 11) is 4.90. The van der Waals surface area contributed by atoms with Crippen molar-refractivity contribution in [3.05, 3.63) is 54.2 Å². The van der Waals surface area contributed by atoms with Gasteiger partial charge in [0.25, 0.3) is 0 Å². The number of nitrogens with one attached hydrogen (secondary N) is 2. The maximum absolute atomic E-state index is 5.47. The summed E-state index contributed by atoms with van der Waals surface area (Å²) in [5.41, 5.74) is 2.70. The molecule has 0 saturated carbocycles. The van der Waals surface area contributed by atoms with Gasteiger partial charge in [0.1, 0.15) is 11.6 Å². The lowest BCUT2D eigenvalue weighted by molar-refractivity contribution is 0.355. The average molecular weight is 390 g/mol. The summed E-state index contributed by atoms with van der Waals surface area (Å²) in [6.07, 6.45) is 0. The van der Waals surface area contributed by atoms with E-state index in [4.69, 9.17) is 19.2 Å². The van der Waals surface area contributed by atoms with Crippen molar-refractivity contribution in [1.82, 2.24) is 15.2 Å². The molecule has 0 aliphatic heterocycles. The Morgan fingerprint density at radius 3 is 2.34 bits per heavy atom. The molecule has 0 saturated heterocycles. The molecule has 2 N–H and O–H groups in total. The van der Waals surface area contributed by atoms with Crippen molar-refractivity contribution < 1.29 is 14.2 Å². The molecule has 4 aromatic rings. The molecule has 0 aliphatic rings. The van der Waals surface area contributed by atoms with Crippen LogP contribution in [0.25, 0.3) is 22.0 Å². The molecule has 0 spiro atoms. The van der Waals surface area contributed by atoms with Gasteiger partial charge in [-0.1, -0.05) is 0 Å². The van der Waals surface area contributed by atoms with Crippen LogP contribution in [0.3, 0.4) is 0 Å². The molecule has 4 rings (SSSR count). The fourth-order valence-electron chi connectivity index (χ4n) is 3.24. The topological polar surface area (TPSA) is 81.3 Å². The molecule has 0 bridgehead atoms. The van der Waals surface area contributed by atoms with Gasteiger partial charge in [0.15, 0.2) is 17.3 Å². The minimum absolute atomic E-state index is 0.648. The summed E-state index contributed by atoms with van der Waals surface area (Å²) in [6, 6.07) is 15.6. The molecular formula is C22H22N4O3. The van der Waals surface area contributed by atoms with E-state index >= 15 is 0 Å². The predicted octanol–water partition coefficient (Wildman–Crippen LogP) is 4.70. The number of benzene rings is 2. The second-order valence-corrected chi connectivity index (χ2v) is 6.57.